The first-order valence-corrected chi connectivity index (χ1v) is 6.54. The fraction of sp³-hybridized carbons (Fsp3) is 0.538. The molecular formula is C13H15F2N3O4. The molecule has 22 heavy (non-hydrogen) atoms. The Morgan fingerprint density at radius 2 is 2.14 bits per heavy atom. The molecular weight excluding hydrogens is 300 g/mol. The molecule has 0 atom stereocenters. The fourth-order valence-corrected chi connectivity index (χ4v) is 2.03. The predicted molar refractivity (Wildman–Crippen MR) is 73.0 cm³/mol. The molecule has 0 spiro atoms. The minimum absolute atomic E-state index is 0.292. The van der Waals surface area contributed by atoms with E-state index in [1.165, 1.54) is 0 Å². The number of hydrogen-bond donors (Lipinski definition) is 0. The monoisotopic (exact) mass is 315 g/mol. The minimum atomic E-state index is -3.25. The number of halogens is 2. The third-order valence-corrected chi connectivity index (χ3v) is 2.96. The normalized spacial score (nSPS) is 16.9. The highest BCUT2D eigenvalue weighted by Gasteiger charge is 2.44. The molecule has 1 aromatic heterocycles. The standard InChI is InChI=1S/C13H15F2N3O4/c1-12(2,3)22-11(19)17-5-4-13(14,15)10-9(17)6-8(7-16-10)18(20)21/h6-7H,4-5H2,1-3H3. The second-order valence-corrected chi connectivity index (χ2v) is 5.90. The van der Waals surface area contributed by atoms with Gasteiger partial charge in [-0.2, -0.15) is 8.78 Å². The summed E-state index contributed by atoms with van der Waals surface area (Å²) in [6.07, 6.45) is -0.707. The van der Waals surface area contributed by atoms with Crippen LogP contribution >= 0.6 is 0 Å². The lowest BCUT2D eigenvalue weighted by Gasteiger charge is -2.34. The first-order chi connectivity index (χ1) is 10.0. The van der Waals surface area contributed by atoms with E-state index < -0.39 is 40.3 Å². The second kappa shape index (κ2) is 5.15. The van der Waals surface area contributed by atoms with Crippen LogP contribution in [0.5, 0.6) is 0 Å². The number of alkyl halides is 2. The van der Waals surface area contributed by atoms with Gasteiger partial charge in [-0.05, 0) is 20.8 Å². The number of amides is 1. The average Bonchev–Trinajstić information content (AvgIpc) is 2.35. The van der Waals surface area contributed by atoms with Gasteiger partial charge >= 0.3 is 6.09 Å². The summed E-state index contributed by atoms with van der Waals surface area (Å²) in [4.78, 5) is 26.6. The molecule has 0 saturated carbocycles. The molecule has 2 rings (SSSR count). The Kier molecular flexibility index (Phi) is 3.76. The SMILES string of the molecule is CC(C)(C)OC(=O)N1CCC(F)(F)c2ncc([N+](=O)[O-])cc21. The molecule has 0 bridgehead atoms. The van der Waals surface area contributed by atoms with Gasteiger partial charge in [0.1, 0.15) is 17.5 Å². The topological polar surface area (TPSA) is 85.6 Å². The quantitative estimate of drug-likeness (QED) is 0.586. The maximum absolute atomic E-state index is 13.9. The van der Waals surface area contributed by atoms with Crippen molar-refractivity contribution in [2.75, 3.05) is 11.4 Å². The van der Waals surface area contributed by atoms with E-state index in [9.17, 15) is 23.7 Å². The van der Waals surface area contributed by atoms with E-state index >= 15 is 0 Å². The molecule has 0 aromatic carbocycles. The zero-order valence-corrected chi connectivity index (χ0v) is 12.3. The van der Waals surface area contributed by atoms with Crippen LogP contribution in [0.2, 0.25) is 0 Å². The van der Waals surface area contributed by atoms with Gasteiger partial charge in [-0.15, -0.1) is 0 Å². The van der Waals surface area contributed by atoms with Crippen molar-refractivity contribution in [3.05, 3.63) is 28.1 Å². The second-order valence-electron chi connectivity index (χ2n) is 5.90. The molecule has 0 radical (unpaired) electrons. The zero-order chi connectivity index (χ0) is 16.7. The van der Waals surface area contributed by atoms with Gasteiger partial charge in [-0.3, -0.25) is 15.0 Å². The molecule has 2 heterocycles. The van der Waals surface area contributed by atoms with E-state index in [1.54, 1.807) is 20.8 Å². The van der Waals surface area contributed by atoms with Crippen LogP contribution in [0.4, 0.5) is 25.0 Å². The predicted octanol–water partition coefficient (Wildman–Crippen LogP) is 3.23. The molecule has 0 saturated heterocycles. The van der Waals surface area contributed by atoms with Crippen molar-refractivity contribution in [2.24, 2.45) is 0 Å². The number of hydrogen-bond acceptors (Lipinski definition) is 5. The molecule has 1 aliphatic heterocycles. The number of carbonyl (C=O) groups excluding carboxylic acids is 1. The van der Waals surface area contributed by atoms with Crippen LogP contribution in [0.25, 0.3) is 0 Å². The summed E-state index contributed by atoms with van der Waals surface area (Å²) in [5.41, 5.74) is -2.23. The van der Waals surface area contributed by atoms with E-state index in [-0.39, 0.29) is 12.2 Å². The molecule has 120 valence electrons. The van der Waals surface area contributed by atoms with Gasteiger partial charge in [-0.25, -0.2) is 9.78 Å². The van der Waals surface area contributed by atoms with E-state index in [0.717, 1.165) is 17.2 Å². The minimum Gasteiger partial charge on any atom is -0.443 e. The molecule has 0 N–H and O–H groups in total. The number of fused-ring (bicyclic) bond motifs is 1. The summed E-state index contributed by atoms with van der Waals surface area (Å²) in [5.74, 6) is -3.25. The Bertz CT molecular complexity index is 628. The van der Waals surface area contributed by atoms with E-state index in [1.807, 2.05) is 0 Å². The van der Waals surface area contributed by atoms with Gasteiger partial charge in [-0.1, -0.05) is 0 Å². The van der Waals surface area contributed by atoms with Crippen molar-refractivity contribution in [3.8, 4) is 0 Å². The van der Waals surface area contributed by atoms with Crippen LogP contribution < -0.4 is 4.90 Å². The van der Waals surface area contributed by atoms with E-state index in [4.69, 9.17) is 4.74 Å². The number of carbonyl (C=O) groups is 1. The van der Waals surface area contributed by atoms with Gasteiger partial charge in [0.05, 0.1) is 10.6 Å². The van der Waals surface area contributed by atoms with E-state index in [2.05, 4.69) is 4.98 Å². The Balaban J connectivity index is 2.46. The van der Waals surface area contributed by atoms with Crippen molar-refractivity contribution < 1.29 is 23.2 Å². The van der Waals surface area contributed by atoms with Crippen molar-refractivity contribution in [1.29, 1.82) is 0 Å². The van der Waals surface area contributed by atoms with Crippen LogP contribution in [0.3, 0.4) is 0 Å². The lowest BCUT2D eigenvalue weighted by molar-refractivity contribution is -0.385. The van der Waals surface area contributed by atoms with Crippen molar-refractivity contribution >= 4 is 17.5 Å². The largest absolute Gasteiger partial charge is 0.443 e. The number of anilines is 1. The molecule has 7 nitrogen and oxygen atoms in total. The molecule has 0 unspecified atom stereocenters. The van der Waals surface area contributed by atoms with Crippen LogP contribution in [-0.4, -0.2) is 28.1 Å². The lowest BCUT2D eigenvalue weighted by atomic mass is 10.0. The first kappa shape index (κ1) is 16.1. The number of rotatable bonds is 1. The third-order valence-electron chi connectivity index (χ3n) is 2.96. The first-order valence-electron chi connectivity index (χ1n) is 6.54. The van der Waals surface area contributed by atoms with Gasteiger partial charge in [0.2, 0.25) is 0 Å². The molecule has 1 amide bonds. The summed E-state index contributed by atoms with van der Waals surface area (Å²) in [7, 11) is 0. The summed E-state index contributed by atoms with van der Waals surface area (Å²) < 4.78 is 32.9. The summed E-state index contributed by atoms with van der Waals surface area (Å²) in [5, 5.41) is 10.8. The maximum atomic E-state index is 13.9. The van der Waals surface area contributed by atoms with Crippen molar-refractivity contribution in [2.45, 2.75) is 38.7 Å². The van der Waals surface area contributed by atoms with Gasteiger partial charge in [0, 0.05) is 19.0 Å². The lowest BCUT2D eigenvalue weighted by Crippen LogP contribution is -2.43. The van der Waals surface area contributed by atoms with Gasteiger partial charge in [0.15, 0.2) is 0 Å². The summed E-state index contributed by atoms with van der Waals surface area (Å²) >= 11 is 0. The van der Waals surface area contributed by atoms with Crippen molar-refractivity contribution in [1.82, 2.24) is 4.98 Å². The van der Waals surface area contributed by atoms with Crippen LogP contribution in [0.1, 0.15) is 32.9 Å². The highest BCUT2D eigenvalue weighted by molar-refractivity contribution is 5.89. The summed E-state index contributed by atoms with van der Waals surface area (Å²) in [6.45, 7) is 4.60. The maximum Gasteiger partial charge on any atom is 0.414 e. The van der Waals surface area contributed by atoms with E-state index in [0.29, 0.717) is 0 Å². The number of pyridine rings is 1. The molecule has 1 aromatic rings. The van der Waals surface area contributed by atoms with Gasteiger partial charge in [0.25, 0.3) is 11.6 Å². The molecule has 0 fully saturated rings. The average molecular weight is 315 g/mol. The molecule has 0 aliphatic carbocycles. The highest BCUT2D eigenvalue weighted by Crippen LogP contribution is 2.42. The zero-order valence-electron chi connectivity index (χ0n) is 12.3. The number of nitrogens with zero attached hydrogens (tertiary/aromatic N) is 3. The fourth-order valence-electron chi connectivity index (χ4n) is 2.03. The van der Waals surface area contributed by atoms with Gasteiger partial charge < -0.3 is 4.74 Å². The molecule has 1 aliphatic rings. The van der Waals surface area contributed by atoms with Crippen LogP contribution in [0, 0.1) is 10.1 Å². The van der Waals surface area contributed by atoms with Crippen molar-refractivity contribution in [3.63, 3.8) is 0 Å². The Morgan fingerprint density at radius 1 is 1.50 bits per heavy atom. The highest BCUT2D eigenvalue weighted by atomic mass is 19.3. The Hall–Kier alpha value is -2.32. The Morgan fingerprint density at radius 3 is 2.68 bits per heavy atom. The number of ether oxygens (including phenoxy) is 1. The van der Waals surface area contributed by atoms with Crippen LogP contribution in [0.15, 0.2) is 12.3 Å². The number of nitro groups is 1. The third kappa shape index (κ3) is 3.12. The summed E-state index contributed by atoms with van der Waals surface area (Å²) in [6, 6.07) is 0.916. The smallest absolute Gasteiger partial charge is 0.414 e. The Labute approximate surface area is 125 Å². The number of aromatic nitrogens is 1. The molecule has 9 heteroatoms. The van der Waals surface area contributed by atoms with Crippen LogP contribution in [-0.2, 0) is 10.7 Å².